The second-order valence-electron chi connectivity index (χ2n) is 7.59. The molecular weight excluding hydrogens is 320 g/mol. The molecule has 1 aromatic heterocycles. The largest absolute Gasteiger partial charge is 0.469 e. The van der Waals surface area contributed by atoms with Crippen LogP contribution < -0.4 is 0 Å². The minimum Gasteiger partial charge on any atom is -0.469 e. The summed E-state index contributed by atoms with van der Waals surface area (Å²) < 4.78 is 17.4. The van der Waals surface area contributed by atoms with Crippen LogP contribution in [0.5, 0.6) is 0 Å². The van der Waals surface area contributed by atoms with Crippen molar-refractivity contribution in [1.29, 1.82) is 0 Å². The van der Waals surface area contributed by atoms with Crippen LogP contribution in [0.15, 0.2) is 16.7 Å². The highest BCUT2D eigenvalue weighted by Gasteiger charge is 2.47. The lowest BCUT2D eigenvalue weighted by Crippen LogP contribution is -2.58. The number of carbonyl (C=O) groups is 1. The summed E-state index contributed by atoms with van der Waals surface area (Å²) >= 11 is 0. The van der Waals surface area contributed by atoms with Crippen molar-refractivity contribution >= 4 is 5.91 Å². The van der Waals surface area contributed by atoms with E-state index in [1.807, 2.05) is 25.9 Å². The molecule has 0 radical (unpaired) electrons. The van der Waals surface area contributed by atoms with Gasteiger partial charge in [0.25, 0.3) is 5.91 Å². The lowest BCUT2D eigenvalue weighted by Gasteiger charge is -2.50. The molecule has 0 N–H and O–H groups in total. The van der Waals surface area contributed by atoms with Crippen molar-refractivity contribution < 1.29 is 18.7 Å². The topological polar surface area (TPSA) is 55.2 Å². The van der Waals surface area contributed by atoms with Crippen LogP contribution in [0.25, 0.3) is 0 Å². The first-order chi connectivity index (χ1) is 12.0. The van der Waals surface area contributed by atoms with Crippen LogP contribution in [0.2, 0.25) is 0 Å². The summed E-state index contributed by atoms with van der Waals surface area (Å²) in [5.74, 6) is 0.742. The highest BCUT2D eigenvalue weighted by atomic mass is 16.5. The summed E-state index contributed by atoms with van der Waals surface area (Å²) in [6.45, 7) is 6.34. The first-order valence-electron chi connectivity index (χ1n) is 9.19. The van der Waals surface area contributed by atoms with Gasteiger partial charge in [0.1, 0.15) is 5.76 Å². The van der Waals surface area contributed by atoms with Crippen LogP contribution in [0.4, 0.5) is 0 Å². The maximum Gasteiger partial charge on any atom is 0.257 e. The SMILES string of the molecule is Cc1occc1C(=O)N1CC[C@@H]2OCCC[C@@]2(COCCN(C)C)C1. The van der Waals surface area contributed by atoms with Gasteiger partial charge in [-0.1, -0.05) is 0 Å². The number of rotatable bonds is 6. The maximum absolute atomic E-state index is 12.9. The number of furan rings is 1. The molecule has 0 bridgehead atoms. The number of amides is 1. The van der Waals surface area contributed by atoms with Crippen molar-refractivity contribution in [2.75, 3.05) is 53.6 Å². The molecule has 2 aliphatic rings. The highest BCUT2D eigenvalue weighted by molar-refractivity contribution is 5.95. The number of fused-ring (bicyclic) bond motifs is 1. The Bertz CT molecular complexity index is 586. The molecule has 1 amide bonds. The molecule has 3 rings (SSSR count). The Morgan fingerprint density at radius 2 is 2.32 bits per heavy atom. The maximum atomic E-state index is 12.9. The number of nitrogens with zero attached hydrogens (tertiary/aromatic N) is 2. The van der Waals surface area contributed by atoms with E-state index in [2.05, 4.69) is 4.90 Å². The first-order valence-corrected chi connectivity index (χ1v) is 9.19. The van der Waals surface area contributed by atoms with Crippen molar-refractivity contribution in [3.05, 3.63) is 23.7 Å². The number of ether oxygens (including phenoxy) is 2. The zero-order chi connectivity index (χ0) is 17.9. The zero-order valence-corrected chi connectivity index (χ0v) is 15.6. The lowest BCUT2D eigenvalue weighted by atomic mass is 9.73. The van der Waals surface area contributed by atoms with Gasteiger partial charge in [-0.25, -0.2) is 0 Å². The van der Waals surface area contributed by atoms with E-state index in [0.29, 0.717) is 31.1 Å². The van der Waals surface area contributed by atoms with Crippen LogP contribution in [-0.2, 0) is 9.47 Å². The molecule has 2 saturated heterocycles. The number of hydrogen-bond donors (Lipinski definition) is 0. The van der Waals surface area contributed by atoms with Crippen LogP contribution >= 0.6 is 0 Å². The molecule has 2 aliphatic heterocycles. The standard InChI is InChI=1S/C19H30N2O4/c1-15-16(6-11-24-15)18(22)21-8-5-17-19(13-21,7-4-10-25-17)14-23-12-9-20(2)3/h6,11,17H,4-5,7-10,12-14H2,1-3H3/t17-,19-/m0/s1. The number of carbonyl (C=O) groups excluding carboxylic acids is 1. The molecule has 1 aromatic rings. The number of likely N-dealkylation sites (tertiary alicyclic amines) is 1. The molecular formula is C19H30N2O4. The number of likely N-dealkylation sites (N-methyl/N-ethyl adjacent to an activating group) is 1. The second kappa shape index (κ2) is 7.89. The van der Waals surface area contributed by atoms with Crippen molar-refractivity contribution in [2.24, 2.45) is 5.41 Å². The predicted molar refractivity (Wildman–Crippen MR) is 94.7 cm³/mol. The molecule has 0 spiro atoms. The van der Waals surface area contributed by atoms with Crippen molar-refractivity contribution in [1.82, 2.24) is 9.80 Å². The summed E-state index contributed by atoms with van der Waals surface area (Å²) in [4.78, 5) is 17.0. The number of hydrogen-bond acceptors (Lipinski definition) is 5. The minimum absolute atomic E-state index is 0.0583. The summed E-state index contributed by atoms with van der Waals surface area (Å²) in [5.41, 5.74) is 0.578. The quantitative estimate of drug-likeness (QED) is 0.736. The van der Waals surface area contributed by atoms with Gasteiger partial charge in [0.05, 0.1) is 31.1 Å². The number of aryl methyl sites for hydroxylation is 1. The molecule has 25 heavy (non-hydrogen) atoms. The van der Waals surface area contributed by atoms with E-state index in [1.165, 1.54) is 0 Å². The van der Waals surface area contributed by atoms with Gasteiger partial charge in [0.15, 0.2) is 0 Å². The third-order valence-electron chi connectivity index (χ3n) is 5.44. The van der Waals surface area contributed by atoms with Crippen molar-refractivity contribution in [3.63, 3.8) is 0 Å². The Morgan fingerprint density at radius 3 is 3.04 bits per heavy atom. The fourth-order valence-electron chi connectivity index (χ4n) is 3.97. The zero-order valence-electron chi connectivity index (χ0n) is 15.6. The van der Waals surface area contributed by atoms with E-state index < -0.39 is 0 Å². The Kier molecular flexibility index (Phi) is 5.81. The van der Waals surface area contributed by atoms with Crippen LogP contribution in [0.1, 0.15) is 35.4 Å². The van der Waals surface area contributed by atoms with E-state index in [9.17, 15) is 4.79 Å². The monoisotopic (exact) mass is 350 g/mol. The molecule has 0 saturated carbocycles. The molecule has 140 valence electrons. The van der Waals surface area contributed by atoms with Gasteiger partial charge in [-0.3, -0.25) is 4.79 Å². The van der Waals surface area contributed by atoms with Gasteiger partial charge in [-0.2, -0.15) is 0 Å². The highest BCUT2D eigenvalue weighted by Crippen LogP contribution is 2.41. The summed E-state index contributed by atoms with van der Waals surface area (Å²) in [7, 11) is 4.09. The first kappa shape index (κ1) is 18.4. The molecule has 6 nitrogen and oxygen atoms in total. The van der Waals surface area contributed by atoms with Crippen LogP contribution in [0.3, 0.4) is 0 Å². The summed E-state index contributed by atoms with van der Waals surface area (Å²) in [5, 5.41) is 0. The predicted octanol–water partition coefficient (Wildman–Crippen LogP) is 2.18. The second-order valence-corrected chi connectivity index (χ2v) is 7.59. The Balaban J connectivity index is 1.68. The van der Waals surface area contributed by atoms with Crippen molar-refractivity contribution in [3.8, 4) is 0 Å². The summed E-state index contributed by atoms with van der Waals surface area (Å²) in [6.07, 6.45) is 4.72. The van der Waals surface area contributed by atoms with E-state index in [1.54, 1.807) is 12.3 Å². The molecule has 6 heteroatoms. The van der Waals surface area contributed by atoms with E-state index in [4.69, 9.17) is 13.9 Å². The lowest BCUT2D eigenvalue weighted by molar-refractivity contribution is -0.147. The Labute approximate surface area is 150 Å². The van der Waals surface area contributed by atoms with Gasteiger partial charge in [0, 0.05) is 31.7 Å². The molecule has 0 unspecified atom stereocenters. The molecule has 0 aromatic carbocycles. The van der Waals surface area contributed by atoms with E-state index in [0.717, 1.165) is 39.0 Å². The fourth-order valence-corrected chi connectivity index (χ4v) is 3.97. The molecule has 3 heterocycles. The Morgan fingerprint density at radius 1 is 1.48 bits per heavy atom. The van der Waals surface area contributed by atoms with Gasteiger partial charge in [0.2, 0.25) is 0 Å². The van der Waals surface area contributed by atoms with Gasteiger partial charge in [-0.05, 0) is 46.3 Å². The van der Waals surface area contributed by atoms with Gasteiger partial charge < -0.3 is 23.7 Å². The van der Waals surface area contributed by atoms with Gasteiger partial charge >= 0.3 is 0 Å². The average molecular weight is 350 g/mol. The van der Waals surface area contributed by atoms with E-state index >= 15 is 0 Å². The summed E-state index contributed by atoms with van der Waals surface area (Å²) in [6, 6.07) is 1.77. The van der Waals surface area contributed by atoms with Gasteiger partial charge in [-0.15, -0.1) is 0 Å². The van der Waals surface area contributed by atoms with Crippen LogP contribution in [0, 0.1) is 12.3 Å². The smallest absolute Gasteiger partial charge is 0.257 e. The van der Waals surface area contributed by atoms with Crippen LogP contribution in [-0.4, -0.2) is 75.4 Å². The minimum atomic E-state index is -0.0872. The third-order valence-corrected chi connectivity index (χ3v) is 5.44. The normalized spacial score (nSPS) is 26.7. The van der Waals surface area contributed by atoms with E-state index in [-0.39, 0.29) is 17.4 Å². The van der Waals surface area contributed by atoms with Crippen molar-refractivity contribution in [2.45, 2.75) is 32.3 Å². The number of piperidine rings is 1. The molecule has 2 fully saturated rings. The Hall–Kier alpha value is -1.37. The fraction of sp³-hybridized carbons (Fsp3) is 0.737. The third kappa shape index (κ3) is 4.07. The molecule has 0 aliphatic carbocycles. The molecule has 2 atom stereocenters. The average Bonchev–Trinajstić information content (AvgIpc) is 3.03.